The molecule has 0 radical (unpaired) electrons. The summed E-state index contributed by atoms with van der Waals surface area (Å²) < 4.78 is 0. The van der Waals surface area contributed by atoms with E-state index in [1.165, 1.54) is 5.57 Å². The van der Waals surface area contributed by atoms with Gasteiger partial charge in [-0.2, -0.15) is 0 Å². The molecule has 11 heavy (non-hydrogen) atoms. The minimum absolute atomic E-state index is 0.111. The molecule has 0 saturated carbocycles. The summed E-state index contributed by atoms with van der Waals surface area (Å²) in [7, 11) is 0. The third-order valence-electron chi connectivity index (χ3n) is 2.26. The van der Waals surface area contributed by atoms with Gasteiger partial charge in [-0.1, -0.05) is 30.7 Å². The smallest absolute Gasteiger partial charge is 0.224 e. The first-order valence-corrected chi connectivity index (χ1v) is 3.77. The molecule has 2 atom stereocenters. The molecule has 60 valence electrons. The van der Waals surface area contributed by atoms with Gasteiger partial charge in [0.05, 0.1) is 5.92 Å². The maximum Gasteiger partial charge on any atom is 0.224 e. The van der Waals surface area contributed by atoms with E-state index in [0.29, 0.717) is 0 Å². The Balaban J connectivity index is 2.81. The maximum atomic E-state index is 10.9. The van der Waals surface area contributed by atoms with Gasteiger partial charge in [-0.25, -0.2) is 0 Å². The number of amides is 1. The molecule has 1 aliphatic rings. The molecule has 0 heterocycles. The molecule has 0 aromatic heterocycles. The monoisotopic (exact) mass is 151 g/mol. The zero-order valence-corrected chi connectivity index (χ0v) is 6.87. The SMILES string of the molecule is CC1=CC=CC(C(N)=O)C1C. The van der Waals surface area contributed by atoms with Gasteiger partial charge in [-0.3, -0.25) is 4.79 Å². The Morgan fingerprint density at radius 3 is 2.73 bits per heavy atom. The molecule has 0 aromatic carbocycles. The minimum atomic E-state index is -0.235. The normalized spacial score (nSPS) is 29.8. The Morgan fingerprint density at radius 1 is 1.64 bits per heavy atom. The highest BCUT2D eigenvalue weighted by Crippen LogP contribution is 2.24. The van der Waals surface area contributed by atoms with Gasteiger partial charge >= 0.3 is 0 Å². The Bertz CT molecular complexity index is 228. The molecule has 0 aromatic rings. The predicted octanol–water partition coefficient (Wildman–Crippen LogP) is 1.24. The summed E-state index contributed by atoms with van der Waals surface area (Å²) in [5.41, 5.74) is 6.42. The largest absolute Gasteiger partial charge is 0.369 e. The van der Waals surface area contributed by atoms with Crippen molar-refractivity contribution in [3.05, 3.63) is 23.8 Å². The highest BCUT2D eigenvalue weighted by Gasteiger charge is 2.22. The standard InChI is InChI=1S/C9H13NO/c1-6-4-3-5-8(7(6)2)9(10)11/h3-5,7-8H,1-2H3,(H2,10,11). The van der Waals surface area contributed by atoms with Gasteiger partial charge in [0.2, 0.25) is 5.91 Å². The Morgan fingerprint density at radius 2 is 2.27 bits per heavy atom. The molecule has 0 fully saturated rings. The molecule has 1 rings (SSSR count). The first-order chi connectivity index (χ1) is 5.13. The van der Waals surface area contributed by atoms with E-state index in [9.17, 15) is 4.79 Å². The highest BCUT2D eigenvalue weighted by atomic mass is 16.1. The molecule has 2 heteroatoms. The van der Waals surface area contributed by atoms with E-state index in [-0.39, 0.29) is 17.7 Å². The fraction of sp³-hybridized carbons (Fsp3) is 0.444. The number of nitrogens with two attached hydrogens (primary N) is 1. The highest BCUT2D eigenvalue weighted by molar-refractivity contribution is 5.79. The second-order valence-electron chi connectivity index (χ2n) is 3.01. The first-order valence-electron chi connectivity index (χ1n) is 3.77. The lowest BCUT2D eigenvalue weighted by atomic mass is 9.84. The first kappa shape index (κ1) is 8.05. The number of rotatable bonds is 1. The van der Waals surface area contributed by atoms with Gasteiger partial charge in [0.1, 0.15) is 0 Å². The van der Waals surface area contributed by atoms with Crippen LogP contribution in [0.15, 0.2) is 23.8 Å². The van der Waals surface area contributed by atoms with E-state index in [2.05, 4.69) is 0 Å². The fourth-order valence-electron chi connectivity index (χ4n) is 1.27. The van der Waals surface area contributed by atoms with Crippen molar-refractivity contribution in [1.82, 2.24) is 0 Å². The summed E-state index contributed by atoms with van der Waals surface area (Å²) in [5.74, 6) is -0.0845. The average molecular weight is 151 g/mol. The molecular weight excluding hydrogens is 138 g/mol. The van der Waals surface area contributed by atoms with Crippen LogP contribution in [0.25, 0.3) is 0 Å². The van der Waals surface area contributed by atoms with Crippen molar-refractivity contribution in [2.75, 3.05) is 0 Å². The molecule has 2 N–H and O–H groups in total. The van der Waals surface area contributed by atoms with E-state index in [0.717, 1.165) is 0 Å². The zero-order chi connectivity index (χ0) is 8.43. The number of hydrogen-bond donors (Lipinski definition) is 1. The van der Waals surface area contributed by atoms with E-state index in [1.807, 2.05) is 32.1 Å². The Kier molecular flexibility index (Phi) is 2.13. The van der Waals surface area contributed by atoms with Gasteiger partial charge in [-0.05, 0) is 12.8 Å². The van der Waals surface area contributed by atoms with Crippen molar-refractivity contribution in [1.29, 1.82) is 0 Å². The van der Waals surface area contributed by atoms with Crippen molar-refractivity contribution in [2.24, 2.45) is 17.6 Å². The lowest BCUT2D eigenvalue weighted by molar-refractivity contribution is -0.121. The number of hydrogen-bond acceptors (Lipinski definition) is 1. The topological polar surface area (TPSA) is 43.1 Å². The van der Waals surface area contributed by atoms with Crippen LogP contribution in [0.5, 0.6) is 0 Å². The third kappa shape index (κ3) is 1.50. The molecule has 0 saturated heterocycles. The average Bonchev–Trinajstić information content (AvgIpc) is 1.94. The summed E-state index contributed by atoms with van der Waals surface area (Å²) in [6.07, 6.45) is 5.77. The second kappa shape index (κ2) is 2.91. The van der Waals surface area contributed by atoms with Crippen LogP contribution in [-0.4, -0.2) is 5.91 Å². The number of carbonyl (C=O) groups is 1. The summed E-state index contributed by atoms with van der Waals surface area (Å²) in [6, 6.07) is 0. The molecule has 2 nitrogen and oxygen atoms in total. The maximum absolute atomic E-state index is 10.9. The van der Waals surface area contributed by atoms with Crippen LogP contribution in [0.2, 0.25) is 0 Å². The fourth-order valence-corrected chi connectivity index (χ4v) is 1.27. The summed E-state index contributed by atoms with van der Waals surface area (Å²) in [5, 5.41) is 0. The van der Waals surface area contributed by atoms with Crippen molar-refractivity contribution < 1.29 is 4.79 Å². The Labute approximate surface area is 66.8 Å². The lowest BCUT2D eigenvalue weighted by Crippen LogP contribution is -2.28. The van der Waals surface area contributed by atoms with E-state index < -0.39 is 0 Å². The van der Waals surface area contributed by atoms with Gasteiger partial charge in [0.15, 0.2) is 0 Å². The second-order valence-corrected chi connectivity index (χ2v) is 3.01. The van der Waals surface area contributed by atoms with Crippen LogP contribution in [0.1, 0.15) is 13.8 Å². The molecule has 0 aliphatic heterocycles. The molecule has 1 amide bonds. The minimum Gasteiger partial charge on any atom is -0.369 e. The Hall–Kier alpha value is -1.05. The van der Waals surface area contributed by atoms with Crippen molar-refractivity contribution >= 4 is 5.91 Å². The van der Waals surface area contributed by atoms with Gasteiger partial charge in [0.25, 0.3) is 0 Å². The van der Waals surface area contributed by atoms with Crippen LogP contribution < -0.4 is 5.73 Å². The van der Waals surface area contributed by atoms with E-state index >= 15 is 0 Å². The van der Waals surface area contributed by atoms with Crippen LogP contribution in [0, 0.1) is 11.8 Å². The van der Waals surface area contributed by atoms with Crippen LogP contribution in [0.3, 0.4) is 0 Å². The van der Waals surface area contributed by atoms with Crippen LogP contribution in [0.4, 0.5) is 0 Å². The van der Waals surface area contributed by atoms with Crippen LogP contribution >= 0.6 is 0 Å². The van der Waals surface area contributed by atoms with Crippen molar-refractivity contribution in [2.45, 2.75) is 13.8 Å². The number of carbonyl (C=O) groups excluding carboxylic acids is 1. The number of allylic oxidation sites excluding steroid dienone is 3. The predicted molar refractivity (Wildman–Crippen MR) is 44.7 cm³/mol. The van der Waals surface area contributed by atoms with Crippen molar-refractivity contribution in [3.63, 3.8) is 0 Å². The van der Waals surface area contributed by atoms with E-state index in [4.69, 9.17) is 5.73 Å². The molecule has 1 aliphatic carbocycles. The number of primary amides is 1. The summed E-state index contributed by atoms with van der Waals surface area (Å²) >= 11 is 0. The van der Waals surface area contributed by atoms with Gasteiger partial charge < -0.3 is 5.73 Å². The molecule has 0 bridgehead atoms. The van der Waals surface area contributed by atoms with E-state index in [1.54, 1.807) is 0 Å². The van der Waals surface area contributed by atoms with Crippen molar-refractivity contribution in [3.8, 4) is 0 Å². The third-order valence-corrected chi connectivity index (χ3v) is 2.26. The van der Waals surface area contributed by atoms with Crippen LogP contribution in [-0.2, 0) is 4.79 Å². The summed E-state index contributed by atoms with van der Waals surface area (Å²) in [4.78, 5) is 10.9. The lowest BCUT2D eigenvalue weighted by Gasteiger charge is -2.21. The zero-order valence-electron chi connectivity index (χ0n) is 6.87. The quantitative estimate of drug-likeness (QED) is 0.602. The molecule has 0 spiro atoms. The molecule has 2 unspecified atom stereocenters. The van der Waals surface area contributed by atoms with Gasteiger partial charge in [0, 0.05) is 0 Å². The molecular formula is C9H13NO. The van der Waals surface area contributed by atoms with Gasteiger partial charge in [-0.15, -0.1) is 0 Å². The summed E-state index contributed by atoms with van der Waals surface area (Å²) in [6.45, 7) is 4.04.